The maximum absolute atomic E-state index is 10.9. The fourth-order valence-corrected chi connectivity index (χ4v) is 1.99. The molecule has 0 bridgehead atoms. The number of halogens is 1. The summed E-state index contributed by atoms with van der Waals surface area (Å²) < 4.78 is 5.43. The lowest BCUT2D eigenvalue weighted by atomic mass is 10.1. The average Bonchev–Trinajstić information content (AvgIpc) is 2.39. The number of nitrogens with zero attached hydrogens (tertiary/aromatic N) is 1. The zero-order valence-electron chi connectivity index (χ0n) is 11.2. The number of hydrogen-bond acceptors (Lipinski definition) is 3. The molecule has 0 aromatic carbocycles. The van der Waals surface area contributed by atoms with Crippen LogP contribution in [0.2, 0.25) is 5.02 Å². The highest BCUT2D eigenvalue weighted by Gasteiger charge is 2.13. The van der Waals surface area contributed by atoms with Gasteiger partial charge in [-0.1, -0.05) is 50.6 Å². The number of aromatic carboxylic acids is 1. The summed E-state index contributed by atoms with van der Waals surface area (Å²) in [5.41, 5.74) is 0.0228. The third-order valence-electron chi connectivity index (χ3n) is 2.82. The minimum absolute atomic E-state index is 0.0228. The van der Waals surface area contributed by atoms with Crippen molar-refractivity contribution in [2.45, 2.75) is 45.4 Å². The van der Waals surface area contributed by atoms with E-state index in [1.165, 1.54) is 37.9 Å². The minimum atomic E-state index is -1.07. The van der Waals surface area contributed by atoms with Crippen molar-refractivity contribution in [3.05, 3.63) is 22.8 Å². The molecule has 0 amide bonds. The number of aromatic nitrogens is 1. The van der Waals surface area contributed by atoms with Gasteiger partial charge in [0.25, 0.3) is 0 Å². The summed E-state index contributed by atoms with van der Waals surface area (Å²) in [4.78, 5) is 14.8. The molecule has 0 aliphatic heterocycles. The number of carboxylic acids is 1. The lowest BCUT2D eigenvalue weighted by Gasteiger charge is -2.08. The summed E-state index contributed by atoms with van der Waals surface area (Å²) in [5.74, 6) is -0.869. The summed E-state index contributed by atoms with van der Waals surface area (Å²) in [6.45, 7) is 2.70. The molecular weight excluding hydrogens is 266 g/mol. The van der Waals surface area contributed by atoms with Crippen LogP contribution in [0.3, 0.4) is 0 Å². The molecule has 5 heteroatoms. The Labute approximate surface area is 118 Å². The molecule has 1 aromatic heterocycles. The number of hydrogen-bond donors (Lipinski definition) is 1. The standard InChI is InChI=1S/C14H20ClNO3/c1-2-3-4-5-6-7-10-19-13-12(15)11(14(17)18)8-9-16-13/h8-9H,2-7,10H2,1H3,(H,17,18). The lowest BCUT2D eigenvalue weighted by molar-refractivity contribution is 0.0696. The Balaban J connectivity index is 2.33. The number of carbonyl (C=O) groups is 1. The fourth-order valence-electron chi connectivity index (χ4n) is 1.74. The van der Waals surface area contributed by atoms with Crippen LogP contribution in [0.1, 0.15) is 55.8 Å². The molecule has 1 aromatic rings. The van der Waals surface area contributed by atoms with E-state index in [2.05, 4.69) is 11.9 Å². The number of ether oxygens (including phenoxy) is 1. The van der Waals surface area contributed by atoms with Crippen LogP contribution in [0.15, 0.2) is 12.3 Å². The molecule has 0 unspecified atom stereocenters. The van der Waals surface area contributed by atoms with Crippen molar-refractivity contribution in [3.8, 4) is 5.88 Å². The second-order valence-corrected chi connectivity index (χ2v) is 4.78. The first-order valence-corrected chi connectivity index (χ1v) is 7.05. The van der Waals surface area contributed by atoms with Crippen LogP contribution in [0.4, 0.5) is 0 Å². The first kappa shape index (κ1) is 15.8. The first-order chi connectivity index (χ1) is 9.16. The van der Waals surface area contributed by atoms with Gasteiger partial charge in [-0.05, 0) is 12.5 Å². The molecule has 19 heavy (non-hydrogen) atoms. The largest absolute Gasteiger partial charge is 0.478 e. The van der Waals surface area contributed by atoms with E-state index in [0.29, 0.717) is 6.61 Å². The Morgan fingerprint density at radius 1 is 1.32 bits per heavy atom. The van der Waals surface area contributed by atoms with E-state index in [0.717, 1.165) is 12.8 Å². The Morgan fingerprint density at radius 3 is 2.68 bits per heavy atom. The normalized spacial score (nSPS) is 10.4. The zero-order chi connectivity index (χ0) is 14.1. The van der Waals surface area contributed by atoms with Gasteiger partial charge in [0.15, 0.2) is 0 Å². The van der Waals surface area contributed by atoms with Crippen molar-refractivity contribution >= 4 is 17.6 Å². The molecule has 0 aliphatic carbocycles. The van der Waals surface area contributed by atoms with Gasteiger partial charge in [-0.2, -0.15) is 0 Å². The van der Waals surface area contributed by atoms with E-state index < -0.39 is 5.97 Å². The second-order valence-electron chi connectivity index (χ2n) is 4.40. The third-order valence-corrected chi connectivity index (χ3v) is 3.19. The summed E-state index contributed by atoms with van der Waals surface area (Å²) in [6, 6.07) is 1.36. The van der Waals surface area contributed by atoms with E-state index in [1.54, 1.807) is 0 Å². The fraction of sp³-hybridized carbons (Fsp3) is 0.571. The smallest absolute Gasteiger partial charge is 0.337 e. The summed E-state index contributed by atoms with van der Waals surface area (Å²) in [6.07, 6.45) is 8.39. The van der Waals surface area contributed by atoms with Crippen molar-refractivity contribution in [1.29, 1.82) is 0 Å². The predicted octanol–water partition coefficient (Wildman–Crippen LogP) is 4.17. The quantitative estimate of drug-likeness (QED) is 0.692. The van der Waals surface area contributed by atoms with E-state index in [4.69, 9.17) is 21.4 Å². The van der Waals surface area contributed by atoms with Gasteiger partial charge >= 0.3 is 5.97 Å². The van der Waals surface area contributed by atoms with E-state index in [1.807, 2.05) is 0 Å². The average molecular weight is 286 g/mol. The minimum Gasteiger partial charge on any atom is -0.478 e. The van der Waals surface area contributed by atoms with Crippen LogP contribution in [0.25, 0.3) is 0 Å². The summed E-state index contributed by atoms with van der Waals surface area (Å²) in [5, 5.41) is 8.98. The molecule has 0 aliphatic rings. The molecule has 1 heterocycles. The van der Waals surface area contributed by atoms with E-state index >= 15 is 0 Å². The van der Waals surface area contributed by atoms with Crippen molar-refractivity contribution < 1.29 is 14.6 Å². The number of rotatable bonds is 9. The van der Waals surface area contributed by atoms with Crippen LogP contribution in [0, 0.1) is 0 Å². The molecule has 1 rings (SSSR count). The topological polar surface area (TPSA) is 59.4 Å². The van der Waals surface area contributed by atoms with Gasteiger partial charge in [0.2, 0.25) is 5.88 Å². The van der Waals surface area contributed by atoms with Gasteiger partial charge in [-0.25, -0.2) is 9.78 Å². The Kier molecular flexibility index (Phi) is 7.26. The van der Waals surface area contributed by atoms with Crippen LogP contribution in [0.5, 0.6) is 5.88 Å². The third kappa shape index (κ3) is 5.47. The molecule has 106 valence electrons. The van der Waals surface area contributed by atoms with E-state index in [-0.39, 0.29) is 16.5 Å². The van der Waals surface area contributed by atoms with Crippen molar-refractivity contribution in [3.63, 3.8) is 0 Å². The SMILES string of the molecule is CCCCCCCCOc1nccc(C(=O)O)c1Cl. The van der Waals surface area contributed by atoms with Crippen molar-refractivity contribution in [1.82, 2.24) is 4.98 Å². The Hall–Kier alpha value is -1.29. The van der Waals surface area contributed by atoms with Crippen LogP contribution in [-0.4, -0.2) is 22.7 Å². The van der Waals surface area contributed by atoms with E-state index in [9.17, 15) is 4.79 Å². The molecule has 0 atom stereocenters. The van der Waals surface area contributed by atoms with Crippen molar-refractivity contribution in [2.24, 2.45) is 0 Å². The van der Waals surface area contributed by atoms with Gasteiger partial charge in [-0.3, -0.25) is 0 Å². The molecule has 0 saturated heterocycles. The highest BCUT2D eigenvalue weighted by atomic mass is 35.5. The summed E-state index contributed by atoms with van der Waals surface area (Å²) >= 11 is 5.92. The molecule has 0 saturated carbocycles. The highest BCUT2D eigenvalue weighted by molar-refractivity contribution is 6.34. The zero-order valence-corrected chi connectivity index (χ0v) is 11.9. The maximum atomic E-state index is 10.9. The van der Waals surface area contributed by atoms with Gasteiger partial charge in [0.1, 0.15) is 5.02 Å². The van der Waals surface area contributed by atoms with Crippen molar-refractivity contribution in [2.75, 3.05) is 6.61 Å². The molecule has 0 spiro atoms. The van der Waals surface area contributed by atoms with Gasteiger partial charge < -0.3 is 9.84 Å². The highest BCUT2D eigenvalue weighted by Crippen LogP contribution is 2.25. The monoisotopic (exact) mass is 285 g/mol. The van der Waals surface area contributed by atoms with Crippen LogP contribution in [-0.2, 0) is 0 Å². The van der Waals surface area contributed by atoms with Gasteiger partial charge in [0.05, 0.1) is 12.2 Å². The molecule has 4 nitrogen and oxygen atoms in total. The molecule has 1 N–H and O–H groups in total. The van der Waals surface area contributed by atoms with Gasteiger partial charge in [0, 0.05) is 6.20 Å². The second kappa shape index (κ2) is 8.75. The number of pyridine rings is 1. The van der Waals surface area contributed by atoms with Crippen LogP contribution < -0.4 is 4.74 Å². The maximum Gasteiger partial charge on any atom is 0.337 e. The van der Waals surface area contributed by atoms with Gasteiger partial charge in [-0.15, -0.1) is 0 Å². The molecular formula is C14H20ClNO3. The first-order valence-electron chi connectivity index (χ1n) is 6.67. The molecule has 0 fully saturated rings. The number of unbranched alkanes of at least 4 members (excludes halogenated alkanes) is 5. The lowest BCUT2D eigenvalue weighted by Crippen LogP contribution is -2.04. The summed E-state index contributed by atoms with van der Waals surface area (Å²) in [7, 11) is 0. The Morgan fingerprint density at radius 2 is 2.00 bits per heavy atom. The number of carboxylic acid groups (broad SMARTS) is 1. The van der Waals surface area contributed by atoms with Crippen LogP contribution >= 0.6 is 11.6 Å². The molecule has 0 radical (unpaired) electrons. The predicted molar refractivity (Wildman–Crippen MR) is 75.1 cm³/mol. The Bertz CT molecular complexity index is 410.